The average molecular weight is 339 g/mol. The van der Waals surface area contributed by atoms with Gasteiger partial charge in [-0.15, -0.1) is 0 Å². The fourth-order valence-electron chi connectivity index (χ4n) is 2.48. The molecule has 0 unspecified atom stereocenters. The fourth-order valence-corrected chi connectivity index (χ4v) is 2.48. The van der Waals surface area contributed by atoms with Gasteiger partial charge in [-0.1, -0.05) is 24.3 Å². The third kappa shape index (κ3) is 5.84. The summed E-state index contributed by atoms with van der Waals surface area (Å²) in [6.45, 7) is 5.15. The molecule has 0 saturated carbocycles. The minimum Gasteiger partial charge on any atom is -0.465 e. The zero-order valence-corrected chi connectivity index (χ0v) is 14.5. The van der Waals surface area contributed by atoms with Crippen LogP contribution in [0.3, 0.4) is 0 Å². The Balaban J connectivity index is 2.15. The number of nitrogens with zero attached hydrogens (tertiary/aromatic N) is 2. The van der Waals surface area contributed by atoms with Crippen LogP contribution < -0.4 is 5.32 Å². The lowest BCUT2D eigenvalue weighted by Crippen LogP contribution is -2.44. The van der Waals surface area contributed by atoms with Crippen LogP contribution in [-0.2, 0) is 6.42 Å². The Hall–Kier alpha value is -3.02. The van der Waals surface area contributed by atoms with Gasteiger partial charge in [-0.05, 0) is 57.0 Å². The highest BCUT2D eigenvalue weighted by Gasteiger charge is 2.20. The first kappa shape index (κ1) is 18.3. The average Bonchev–Trinajstić information content (AvgIpc) is 2.51. The maximum atomic E-state index is 11.4. The van der Waals surface area contributed by atoms with Gasteiger partial charge < -0.3 is 10.4 Å². The molecule has 130 valence electrons. The SMILES string of the molecule is CC(=O)c1cccc(N=Nc2cccc(CC(C)(C)NC(=O)O)c2)c1. The van der Waals surface area contributed by atoms with Gasteiger partial charge in [-0.25, -0.2) is 4.79 Å². The van der Waals surface area contributed by atoms with Gasteiger partial charge in [-0.3, -0.25) is 4.79 Å². The minimum atomic E-state index is -1.05. The molecule has 6 nitrogen and oxygen atoms in total. The number of hydrogen-bond acceptors (Lipinski definition) is 4. The van der Waals surface area contributed by atoms with E-state index in [2.05, 4.69) is 15.5 Å². The number of carbonyl (C=O) groups is 2. The first-order valence-electron chi connectivity index (χ1n) is 7.88. The monoisotopic (exact) mass is 339 g/mol. The quantitative estimate of drug-likeness (QED) is 0.579. The van der Waals surface area contributed by atoms with E-state index in [-0.39, 0.29) is 5.78 Å². The highest BCUT2D eigenvalue weighted by atomic mass is 16.4. The largest absolute Gasteiger partial charge is 0.465 e. The predicted octanol–water partition coefficient (Wildman–Crippen LogP) is 4.89. The number of benzene rings is 2. The zero-order valence-electron chi connectivity index (χ0n) is 14.5. The van der Waals surface area contributed by atoms with Crippen molar-refractivity contribution in [3.8, 4) is 0 Å². The van der Waals surface area contributed by atoms with Crippen LogP contribution in [0.1, 0.15) is 36.7 Å². The Kier molecular flexibility index (Phi) is 5.64. The minimum absolute atomic E-state index is 0.0211. The van der Waals surface area contributed by atoms with Crippen molar-refractivity contribution < 1.29 is 14.7 Å². The lowest BCUT2D eigenvalue weighted by molar-refractivity contribution is 0.101. The van der Waals surface area contributed by atoms with Gasteiger partial charge in [0.15, 0.2) is 5.78 Å². The van der Waals surface area contributed by atoms with Crippen molar-refractivity contribution in [2.45, 2.75) is 32.7 Å². The van der Waals surface area contributed by atoms with Crippen LogP contribution in [0.2, 0.25) is 0 Å². The van der Waals surface area contributed by atoms with E-state index in [1.165, 1.54) is 6.92 Å². The molecular weight excluding hydrogens is 318 g/mol. The first-order valence-corrected chi connectivity index (χ1v) is 7.88. The molecule has 2 rings (SSSR count). The third-order valence-corrected chi connectivity index (χ3v) is 3.54. The smallest absolute Gasteiger partial charge is 0.405 e. The van der Waals surface area contributed by atoms with Gasteiger partial charge in [0.1, 0.15) is 0 Å². The normalized spacial score (nSPS) is 11.5. The Labute approximate surface area is 146 Å². The molecule has 0 aliphatic rings. The molecule has 0 heterocycles. The molecule has 0 bridgehead atoms. The summed E-state index contributed by atoms with van der Waals surface area (Å²) < 4.78 is 0. The van der Waals surface area contributed by atoms with Crippen molar-refractivity contribution in [1.82, 2.24) is 5.32 Å². The lowest BCUT2D eigenvalue weighted by Gasteiger charge is -2.24. The van der Waals surface area contributed by atoms with Crippen molar-refractivity contribution in [2.75, 3.05) is 0 Å². The first-order chi connectivity index (χ1) is 11.7. The molecule has 1 amide bonds. The molecular formula is C19H21N3O3. The van der Waals surface area contributed by atoms with Gasteiger partial charge in [0.2, 0.25) is 0 Å². The molecule has 0 atom stereocenters. The molecule has 0 saturated heterocycles. The maximum Gasteiger partial charge on any atom is 0.405 e. The number of carboxylic acid groups (broad SMARTS) is 1. The van der Waals surface area contributed by atoms with E-state index in [0.717, 1.165) is 5.56 Å². The Morgan fingerprint density at radius 2 is 1.64 bits per heavy atom. The maximum absolute atomic E-state index is 11.4. The van der Waals surface area contributed by atoms with Crippen LogP contribution in [0.4, 0.5) is 16.2 Å². The highest BCUT2D eigenvalue weighted by molar-refractivity contribution is 5.94. The Morgan fingerprint density at radius 1 is 1.04 bits per heavy atom. The summed E-state index contributed by atoms with van der Waals surface area (Å²) in [5.41, 5.74) is 2.22. The van der Waals surface area contributed by atoms with Crippen LogP contribution >= 0.6 is 0 Å². The van der Waals surface area contributed by atoms with Crippen LogP contribution in [-0.4, -0.2) is 22.5 Å². The molecule has 6 heteroatoms. The summed E-state index contributed by atoms with van der Waals surface area (Å²) in [7, 11) is 0. The van der Waals surface area contributed by atoms with Crippen molar-refractivity contribution in [3.63, 3.8) is 0 Å². The summed E-state index contributed by atoms with van der Waals surface area (Å²) in [6.07, 6.45) is -0.520. The summed E-state index contributed by atoms with van der Waals surface area (Å²) in [4.78, 5) is 22.2. The van der Waals surface area contributed by atoms with Crippen LogP contribution in [0.5, 0.6) is 0 Å². The number of nitrogens with one attached hydrogen (secondary N) is 1. The van der Waals surface area contributed by atoms with E-state index in [1.54, 1.807) is 24.3 Å². The van der Waals surface area contributed by atoms with Crippen molar-refractivity contribution in [3.05, 3.63) is 59.7 Å². The number of Topliss-reactive ketones (excluding diaryl/α,β-unsaturated/α-hetero) is 1. The van der Waals surface area contributed by atoms with E-state index in [1.807, 2.05) is 38.1 Å². The number of amides is 1. The highest BCUT2D eigenvalue weighted by Crippen LogP contribution is 2.22. The summed E-state index contributed by atoms with van der Waals surface area (Å²) in [6, 6.07) is 14.4. The number of ketones is 1. The van der Waals surface area contributed by atoms with Gasteiger partial charge in [0.25, 0.3) is 0 Å². The second-order valence-electron chi connectivity index (χ2n) is 6.47. The summed E-state index contributed by atoms with van der Waals surface area (Å²) in [5, 5.41) is 19.8. The van der Waals surface area contributed by atoms with Crippen molar-refractivity contribution in [1.29, 1.82) is 0 Å². The molecule has 2 N–H and O–H groups in total. The van der Waals surface area contributed by atoms with Crippen molar-refractivity contribution in [2.24, 2.45) is 10.2 Å². The van der Waals surface area contributed by atoms with Gasteiger partial charge in [-0.2, -0.15) is 10.2 Å². The van der Waals surface area contributed by atoms with Crippen LogP contribution in [0, 0.1) is 0 Å². The number of hydrogen-bond donors (Lipinski definition) is 2. The number of carbonyl (C=O) groups excluding carboxylic acids is 1. The van der Waals surface area contributed by atoms with Gasteiger partial charge >= 0.3 is 6.09 Å². The number of rotatable bonds is 6. The third-order valence-electron chi connectivity index (χ3n) is 3.54. The molecule has 0 fully saturated rings. The van der Waals surface area contributed by atoms with Crippen LogP contribution in [0.25, 0.3) is 0 Å². The molecule has 0 radical (unpaired) electrons. The standard InChI is InChI=1S/C19H21N3O3/c1-13(23)15-7-5-9-17(11-15)22-21-16-8-4-6-14(10-16)12-19(2,3)20-18(24)25/h4-11,20H,12H2,1-3H3,(H,24,25). The van der Waals surface area contributed by atoms with E-state index >= 15 is 0 Å². The number of azo groups is 1. The van der Waals surface area contributed by atoms with E-state index in [0.29, 0.717) is 23.4 Å². The predicted molar refractivity (Wildman–Crippen MR) is 96.0 cm³/mol. The fraction of sp³-hybridized carbons (Fsp3) is 0.263. The Bertz CT molecular complexity index is 813. The second-order valence-corrected chi connectivity index (χ2v) is 6.47. The van der Waals surface area contributed by atoms with Crippen LogP contribution in [0.15, 0.2) is 58.8 Å². The molecule has 25 heavy (non-hydrogen) atoms. The summed E-state index contributed by atoms with van der Waals surface area (Å²) >= 11 is 0. The second kappa shape index (κ2) is 7.70. The molecule has 2 aromatic rings. The molecule has 0 spiro atoms. The van der Waals surface area contributed by atoms with Gasteiger partial charge in [0, 0.05) is 11.1 Å². The molecule has 0 aliphatic carbocycles. The van der Waals surface area contributed by atoms with Gasteiger partial charge in [0.05, 0.1) is 11.4 Å². The molecule has 2 aromatic carbocycles. The molecule has 0 aromatic heterocycles. The van der Waals surface area contributed by atoms with E-state index in [4.69, 9.17) is 5.11 Å². The lowest BCUT2D eigenvalue weighted by atomic mass is 9.95. The zero-order chi connectivity index (χ0) is 18.4. The van der Waals surface area contributed by atoms with E-state index < -0.39 is 11.6 Å². The molecule has 0 aliphatic heterocycles. The topological polar surface area (TPSA) is 91.1 Å². The van der Waals surface area contributed by atoms with E-state index in [9.17, 15) is 9.59 Å². The van der Waals surface area contributed by atoms with Crippen molar-refractivity contribution >= 4 is 23.3 Å². The Morgan fingerprint density at radius 3 is 2.24 bits per heavy atom. The summed E-state index contributed by atoms with van der Waals surface area (Å²) in [5.74, 6) is -0.0211.